The van der Waals surface area contributed by atoms with Gasteiger partial charge in [0.1, 0.15) is 17.2 Å². The summed E-state index contributed by atoms with van der Waals surface area (Å²) in [7, 11) is 1.55. The molecule has 2 N–H and O–H groups in total. The maximum absolute atomic E-state index is 12.6. The molecule has 3 aromatic rings. The minimum Gasteiger partial charge on any atom is -0.457 e. The molecule has 0 spiro atoms. The van der Waals surface area contributed by atoms with Gasteiger partial charge < -0.3 is 20.1 Å². The van der Waals surface area contributed by atoms with Gasteiger partial charge in [0.2, 0.25) is 0 Å². The normalized spacial score (nSPS) is 10.3. The molecule has 0 fully saturated rings. The van der Waals surface area contributed by atoms with E-state index in [-0.39, 0.29) is 11.3 Å². The van der Waals surface area contributed by atoms with Crippen LogP contribution in [0.2, 0.25) is 0 Å². The van der Waals surface area contributed by atoms with Gasteiger partial charge in [-0.05, 0) is 36.4 Å². The monoisotopic (exact) mass is 407 g/mol. The lowest BCUT2D eigenvalue weighted by atomic mass is 10.1. The number of hydrogen-bond donors (Lipinski definition) is 2. The molecule has 0 heterocycles. The molecule has 154 valence electrons. The first-order valence-corrected chi connectivity index (χ1v) is 9.22. The second-order valence-electron chi connectivity index (χ2n) is 6.31. The maximum atomic E-state index is 12.6. The predicted octanol–water partition coefficient (Wildman–Crippen LogP) is 4.70. The Hall–Kier alpha value is -3.91. The molecule has 0 bridgehead atoms. The summed E-state index contributed by atoms with van der Waals surface area (Å²) in [5.74, 6) is 0.772. The van der Waals surface area contributed by atoms with E-state index in [4.69, 9.17) is 9.47 Å². The van der Waals surface area contributed by atoms with Crippen LogP contribution in [0, 0.1) is 10.1 Å². The summed E-state index contributed by atoms with van der Waals surface area (Å²) < 4.78 is 10.7. The number of hydrogen-bond acceptors (Lipinski definition) is 6. The van der Waals surface area contributed by atoms with Gasteiger partial charge in [-0.15, -0.1) is 0 Å². The molecule has 0 saturated heterocycles. The first kappa shape index (κ1) is 20.8. The average molecular weight is 407 g/mol. The summed E-state index contributed by atoms with van der Waals surface area (Å²) >= 11 is 0. The number of benzene rings is 3. The topological polar surface area (TPSA) is 103 Å². The van der Waals surface area contributed by atoms with Crippen molar-refractivity contribution < 1.29 is 19.2 Å². The number of nitro groups is 1. The predicted molar refractivity (Wildman–Crippen MR) is 114 cm³/mol. The number of para-hydroxylation sites is 1. The number of amides is 1. The molecule has 0 unspecified atom stereocenters. The molecule has 0 radical (unpaired) electrons. The van der Waals surface area contributed by atoms with Gasteiger partial charge in [-0.3, -0.25) is 14.9 Å². The Kier molecular flexibility index (Phi) is 6.96. The zero-order chi connectivity index (χ0) is 21.3. The van der Waals surface area contributed by atoms with Crippen LogP contribution in [0.5, 0.6) is 11.5 Å². The zero-order valence-corrected chi connectivity index (χ0v) is 16.3. The van der Waals surface area contributed by atoms with E-state index in [2.05, 4.69) is 10.6 Å². The van der Waals surface area contributed by atoms with Gasteiger partial charge in [0.25, 0.3) is 11.6 Å². The van der Waals surface area contributed by atoms with Crippen molar-refractivity contribution in [3.63, 3.8) is 0 Å². The van der Waals surface area contributed by atoms with Gasteiger partial charge >= 0.3 is 0 Å². The smallest absolute Gasteiger partial charge is 0.293 e. The van der Waals surface area contributed by atoms with Crippen LogP contribution in [0.25, 0.3) is 0 Å². The molecule has 3 aromatic carbocycles. The summed E-state index contributed by atoms with van der Waals surface area (Å²) in [5, 5.41) is 17.1. The number of carbonyl (C=O) groups excluding carboxylic acids is 1. The Bertz CT molecular complexity index is 1020. The molecule has 0 aliphatic rings. The Labute approximate surface area is 173 Å². The number of nitrogens with zero attached hydrogens (tertiary/aromatic N) is 1. The van der Waals surface area contributed by atoms with E-state index >= 15 is 0 Å². The fourth-order valence-corrected chi connectivity index (χ4v) is 2.73. The van der Waals surface area contributed by atoms with Gasteiger partial charge in [0.15, 0.2) is 0 Å². The van der Waals surface area contributed by atoms with Crippen molar-refractivity contribution in [3.05, 3.63) is 88.5 Å². The Morgan fingerprint density at radius 2 is 1.77 bits per heavy atom. The minimum absolute atomic E-state index is 0.174. The lowest BCUT2D eigenvalue weighted by molar-refractivity contribution is -0.384. The van der Waals surface area contributed by atoms with Crippen molar-refractivity contribution in [1.29, 1.82) is 0 Å². The van der Waals surface area contributed by atoms with Crippen LogP contribution in [-0.4, -0.2) is 31.1 Å². The van der Waals surface area contributed by atoms with Crippen molar-refractivity contribution in [2.24, 2.45) is 0 Å². The second kappa shape index (κ2) is 10.0. The highest BCUT2D eigenvalue weighted by Crippen LogP contribution is 2.27. The number of nitrogens with one attached hydrogen (secondary N) is 2. The molecule has 8 nitrogen and oxygen atoms in total. The van der Waals surface area contributed by atoms with Crippen LogP contribution in [-0.2, 0) is 4.74 Å². The molecule has 0 aliphatic heterocycles. The van der Waals surface area contributed by atoms with Gasteiger partial charge in [-0.2, -0.15) is 0 Å². The highest BCUT2D eigenvalue weighted by Gasteiger charge is 2.17. The summed E-state index contributed by atoms with van der Waals surface area (Å²) in [6.45, 7) is 0.817. The third kappa shape index (κ3) is 5.55. The lowest BCUT2D eigenvalue weighted by Crippen LogP contribution is -2.13. The van der Waals surface area contributed by atoms with E-state index in [9.17, 15) is 14.9 Å². The highest BCUT2D eigenvalue weighted by atomic mass is 16.6. The standard InChI is InChI=1S/C22H21N3O5/c1-29-13-12-23-20-11-10-16(14-21(20)25(27)28)22(26)24-17-6-5-9-19(15-17)30-18-7-3-2-4-8-18/h2-11,14-15,23H,12-13H2,1H3,(H,24,26). The van der Waals surface area contributed by atoms with E-state index in [0.29, 0.717) is 36.0 Å². The van der Waals surface area contributed by atoms with Gasteiger partial charge in [0.05, 0.1) is 11.5 Å². The van der Waals surface area contributed by atoms with Gasteiger partial charge in [-0.1, -0.05) is 24.3 Å². The van der Waals surface area contributed by atoms with Crippen molar-refractivity contribution in [2.75, 3.05) is 30.9 Å². The zero-order valence-electron chi connectivity index (χ0n) is 16.3. The van der Waals surface area contributed by atoms with Crippen LogP contribution < -0.4 is 15.4 Å². The van der Waals surface area contributed by atoms with E-state index in [1.807, 2.05) is 30.3 Å². The quantitative estimate of drug-likeness (QED) is 0.303. The third-order valence-electron chi connectivity index (χ3n) is 4.15. The summed E-state index contributed by atoms with van der Waals surface area (Å²) in [6.07, 6.45) is 0. The van der Waals surface area contributed by atoms with Gasteiger partial charge in [-0.25, -0.2) is 0 Å². The number of anilines is 2. The molecule has 0 saturated carbocycles. The molecular formula is C22H21N3O5. The van der Waals surface area contributed by atoms with Crippen molar-refractivity contribution in [1.82, 2.24) is 0 Å². The lowest BCUT2D eigenvalue weighted by Gasteiger charge is -2.10. The summed E-state index contributed by atoms with van der Waals surface area (Å²) in [5.41, 5.74) is 0.832. The first-order valence-electron chi connectivity index (χ1n) is 9.22. The van der Waals surface area contributed by atoms with E-state index in [0.717, 1.165) is 0 Å². The number of methoxy groups -OCH3 is 1. The van der Waals surface area contributed by atoms with Crippen LogP contribution in [0.15, 0.2) is 72.8 Å². The highest BCUT2D eigenvalue weighted by molar-refractivity contribution is 6.05. The molecule has 1 amide bonds. The molecule has 8 heteroatoms. The SMILES string of the molecule is COCCNc1ccc(C(=O)Nc2cccc(Oc3ccccc3)c2)cc1[N+](=O)[O-]. The molecule has 30 heavy (non-hydrogen) atoms. The number of rotatable bonds is 9. The van der Waals surface area contributed by atoms with Crippen LogP contribution in [0.4, 0.5) is 17.1 Å². The molecular weight excluding hydrogens is 386 g/mol. The molecule has 3 rings (SSSR count). The van der Waals surface area contributed by atoms with E-state index < -0.39 is 10.8 Å². The van der Waals surface area contributed by atoms with E-state index in [1.54, 1.807) is 31.4 Å². The van der Waals surface area contributed by atoms with Crippen molar-refractivity contribution in [2.45, 2.75) is 0 Å². The maximum Gasteiger partial charge on any atom is 0.293 e. The Morgan fingerprint density at radius 1 is 1.00 bits per heavy atom. The van der Waals surface area contributed by atoms with Crippen molar-refractivity contribution in [3.8, 4) is 11.5 Å². The van der Waals surface area contributed by atoms with Crippen molar-refractivity contribution >= 4 is 23.0 Å². The largest absolute Gasteiger partial charge is 0.457 e. The second-order valence-corrected chi connectivity index (χ2v) is 6.31. The van der Waals surface area contributed by atoms with Gasteiger partial charge in [0, 0.05) is 37.0 Å². The first-order chi connectivity index (χ1) is 14.6. The molecule has 0 aromatic heterocycles. The van der Waals surface area contributed by atoms with E-state index in [1.165, 1.54) is 18.2 Å². The van der Waals surface area contributed by atoms with Crippen LogP contribution in [0.3, 0.4) is 0 Å². The Morgan fingerprint density at radius 3 is 2.50 bits per heavy atom. The number of ether oxygens (including phenoxy) is 2. The number of carbonyl (C=O) groups is 1. The fourth-order valence-electron chi connectivity index (χ4n) is 2.73. The summed E-state index contributed by atoms with van der Waals surface area (Å²) in [4.78, 5) is 23.5. The molecule has 0 aliphatic carbocycles. The van der Waals surface area contributed by atoms with Crippen LogP contribution in [0.1, 0.15) is 10.4 Å². The fraction of sp³-hybridized carbons (Fsp3) is 0.136. The minimum atomic E-state index is -0.528. The molecule has 0 atom stereocenters. The average Bonchev–Trinajstić information content (AvgIpc) is 2.75. The Balaban J connectivity index is 1.73. The third-order valence-corrected chi connectivity index (χ3v) is 4.15. The number of nitro benzene ring substituents is 1. The summed E-state index contributed by atoms with van der Waals surface area (Å²) in [6, 6.07) is 20.5. The van der Waals surface area contributed by atoms with Crippen LogP contribution >= 0.6 is 0 Å².